The lowest BCUT2D eigenvalue weighted by atomic mass is 9.95. The monoisotopic (exact) mass is 441 g/mol. The number of likely N-dealkylation sites (tertiary alicyclic amines) is 1. The van der Waals surface area contributed by atoms with Gasteiger partial charge in [0.25, 0.3) is 17.4 Å². The van der Waals surface area contributed by atoms with Gasteiger partial charge in [-0.2, -0.15) is 0 Å². The predicted molar refractivity (Wildman–Crippen MR) is 116 cm³/mol. The highest BCUT2D eigenvalue weighted by Gasteiger charge is 2.46. The molecular weight excluding hydrogens is 417 g/mol. The van der Waals surface area contributed by atoms with Gasteiger partial charge >= 0.3 is 0 Å². The second-order valence-electron chi connectivity index (χ2n) is 7.37. The summed E-state index contributed by atoms with van der Waals surface area (Å²) in [7, 11) is 0. The van der Waals surface area contributed by atoms with Crippen molar-refractivity contribution in [2.24, 2.45) is 0 Å². The number of aliphatic hydroxyl groups is 1. The lowest BCUT2D eigenvalue weighted by Gasteiger charge is -2.28. The fraction of sp³-hybridized carbons (Fsp3) is 0.304. The van der Waals surface area contributed by atoms with Gasteiger partial charge in [-0.1, -0.05) is 26.0 Å². The van der Waals surface area contributed by atoms with Gasteiger partial charge in [0.05, 0.1) is 16.5 Å². The van der Waals surface area contributed by atoms with Gasteiger partial charge in [-0.25, -0.2) is 4.39 Å². The summed E-state index contributed by atoms with van der Waals surface area (Å²) in [5.41, 5.74) is 0.351. The summed E-state index contributed by atoms with van der Waals surface area (Å²) in [6, 6.07) is 9.55. The van der Waals surface area contributed by atoms with Crippen molar-refractivity contribution >= 4 is 23.1 Å². The van der Waals surface area contributed by atoms with Crippen molar-refractivity contribution in [2.75, 3.05) is 26.2 Å². The highest BCUT2D eigenvalue weighted by molar-refractivity contribution is 6.46. The molecule has 32 heavy (non-hydrogen) atoms. The normalized spacial score (nSPS) is 17.9. The number of Topliss-reactive ketones (excluding diaryl/α,β-unsaturated/α-hetero) is 1. The molecule has 0 radical (unpaired) electrons. The van der Waals surface area contributed by atoms with Gasteiger partial charge in [-0.05, 0) is 42.9 Å². The second-order valence-corrected chi connectivity index (χ2v) is 7.37. The van der Waals surface area contributed by atoms with Crippen LogP contribution in [0.3, 0.4) is 0 Å². The number of non-ortho nitro benzene ring substituents is 1. The largest absolute Gasteiger partial charge is 0.507 e. The molecule has 0 unspecified atom stereocenters. The van der Waals surface area contributed by atoms with E-state index in [2.05, 4.69) is 4.90 Å². The smallest absolute Gasteiger partial charge is 0.295 e. The molecule has 2 aromatic carbocycles. The summed E-state index contributed by atoms with van der Waals surface area (Å²) < 4.78 is 13.5. The van der Waals surface area contributed by atoms with Crippen molar-refractivity contribution < 1.29 is 24.0 Å². The number of halogens is 1. The maximum Gasteiger partial charge on any atom is 0.295 e. The molecule has 1 N–H and O–H groups in total. The molecule has 8 nitrogen and oxygen atoms in total. The molecule has 1 aliphatic heterocycles. The van der Waals surface area contributed by atoms with E-state index in [4.69, 9.17) is 0 Å². The number of rotatable bonds is 8. The predicted octanol–water partition coefficient (Wildman–Crippen LogP) is 3.50. The molecule has 1 saturated heterocycles. The summed E-state index contributed by atoms with van der Waals surface area (Å²) in [4.78, 5) is 39.6. The second kappa shape index (κ2) is 9.69. The molecule has 1 aliphatic rings. The number of nitrogens with zero attached hydrogens (tertiary/aromatic N) is 3. The minimum Gasteiger partial charge on any atom is -0.507 e. The number of nitro benzene ring substituents is 1. The Labute approximate surface area is 184 Å². The van der Waals surface area contributed by atoms with E-state index < -0.39 is 34.2 Å². The number of ketones is 1. The molecule has 3 rings (SSSR count). The summed E-state index contributed by atoms with van der Waals surface area (Å²) in [6.45, 7) is 6.28. The van der Waals surface area contributed by atoms with E-state index in [0.29, 0.717) is 12.1 Å². The standard InChI is InChI=1S/C23H24FN3O5/c1-3-25(4-2)13-14-26-20(15-5-9-17(24)10-6-15)19(22(29)23(26)30)21(28)16-7-11-18(12-8-16)27(31)32/h5-12,20,28H,3-4,13-14H2,1-2H3/t20-/m0/s1. The van der Waals surface area contributed by atoms with Crippen molar-refractivity contribution in [3.8, 4) is 0 Å². The molecule has 168 valence electrons. The molecule has 1 amide bonds. The van der Waals surface area contributed by atoms with Crippen molar-refractivity contribution in [2.45, 2.75) is 19.9 Å². The van der Waals surface area contributed by atoms with Crippen LogP contribution in [0.25, 0.3) is 5.76 Å². The number of carbonyl (C=O) groups is 2. The van der Waals surface area contributed by atoms with Crippen LogP contribution in [0.5, 0.6) is 0 Å². The van der Waals surface area contributed by atoms with Crippen LogP contribution in [0.1, 0.15) is 31.0 Å². The SMILES string of the molecule is CCN(CC)CCN1C(=O)C(=O)C(=C(O)c2ccc([N+](=O)[O-])cc2)[C@@H]1c1ccc(F)cc1. The third-order valence-electron chi connectivity index (χ3n) is 5.63. The van der Waals surface area contributed by atoms with Gasteiger partial charge in [-0.3, -0.25) is 19.7 Å². The van der Waals surface area contributed by atoms with Crippen LogP contribution in [0.15, 0.2) is 54.1 Å². The number of hydrogen-bond acceptors (Lipinski definition) is 6. The number of hydrogen-bond donors (Lipinski definition) is 1. The van der Waals surface area contributed by atoms with Gasteiger partial charge < -0.3 is 14.9 Å². The zero-order chi connectivity index (χ0) is 23.4. The van der Waals surface area contributed by atoms with E-state index in [9.17, 15) is 29.2 Å². The van der Waals surface area contributed by atoms with E-state index in [1.165, 1.54) is 53.4 Å². The average molecular weight is 441 g/mol. The summed E-state index contributed by atoms with van der Waals surface area (Å²) in [6.07, 6.45) is 0. The number of nitro groups is 1. The van der Waals surface area contributed by atoms with E-state index in [0.717, 1.165) is 13.1 Å². The van der Waals surface area contributed by atoms with Gasteiger partial charge in [0.1, 0.15) is 11.6 Å². The molecule has 0 aliphatic carbocycles. The highest BCUT2D eigenvalue weighted by Crippen LogP contribution is 2.39. The van der Waals surface area contributed by atoms with Crippen LogP contribution in [-0.4, -0.2) is 57.7 Å². The van der Waals surface area contributed by atoms with E-state index >= 15 is 0 Å². The van der Waals surface area contributed by atoms with Gasteiger partial charge in [-0.15, -0.1) is 0 Å². The molecule has 9 heteroatoms. The van der Waals surface area contributed by atoms with Crippen LogP contribution in [0, 0.1) is 15.9 Å². The highest BCUT2D eigenvalue weighted by atomic mass is 19.1. The van der Waals surface area contributed by atoms with Gasteiger partial charge in [0, 0.05) is 30.8 Å². The first-order valence-electron chi connectivity index (χ1n) is 10.3. The number of aliphatic hydroxyl groups excluding tert-OH is 1. The molecule has 1 fully saturated rings. The molecular formula is C23H24FN3O5. The molecule has 2 aromatic rings. The summed E-state index contributed by atoms with van der Waals surface area (Å²) in [5, 5.41) is 21.8. The minimum absolute atomic E-state index is 0.130. The van der Waals surface area contributed by atoms with Crippen LogP contribution < -0.4 is 0 Å². The van der Waals surface area contributed by atoms with Crippen molar-refractivity contribution in [1.29, 1.82) is 0 Å². The van der Waals surface area contributed by atoms with Crippen LogP contribution >= 0.6 is 0 Å². The molecule has 0 spiro atoms. The Morgan fingerprint density at radius 2 is 1.69 bits per heavy atom. The van der Waals surface area contributed by atoms with Gasteiger partial charge in [0.2, 0.25) is 0 Å². The Bertz CT molecular complexity index is 1050. The maximum atomic E-state index is 13.5. The lowest BCUT2D eigenvalue weighted by molar-refractivity contribution is -0.384. The number of likely N-dealkylation sites (N-methyl/N-ethyl adjacent to an activating group) is 1. The first-order valence-corrected chi connectivity index (χ1v) is 10.3. The van der Waals surface area contributed by atoms with E-state index in [1.807, 2.05) is 13.8 Å². The zero-order valence-corrected chi connectivity index (χ0v) is 17.8. The average Bonchev–Trinajstić information content (AvgIpc) is 3.04. The Kier molecular flexibility index (Phi) is 6.99. The Balaban J connectivity index is 2.08. The topological polar surface area (TPSA) is 104 Å². The molecule has 1 atom stereocenters. The zero-order valence-electron chi connectivity index (χ0n) is 17.8. The van der Waals surface area contributed by atoms with Gasteiger partial charge in [0.15, 0.2) is 0 Å². The fourth-order valence-corrected chi connectivity index (χ4v) is 3.79. The van der Waals surface area contributed by atoms with Crippen molar-refractivity contribution in [3.05, 3.63) is 81.2 Å². The van der Waals surface area contributed by atoms with Crippen molar-refractivity contribution in [3.63, 3.8) is 0 Å². The summed E-state index contributed by atoms with van der Waals surface area (Å²) >= 11 is 0. The number of carbonyl (C=O) groups excluding carboxylic acids is 2. The van der Waals surface area contributed by atoms with E-state index in [-0.39, 0.29) is 23.4 Å². The Morgan fingerprint density at radius 1 is 1.09 bits per heavy atom. The van der Waals surface area contributed by atoms with Crippen LogP contribution in [-0.2, 0) is 9.59 Å². The molecule has 1 heterocycles. The maximum absolute atomic E-state index is 13.5. The minimum atomic E-state index is -0.902. The quantitative estimate of drug-likeness (QED) is 0.221. The fourth-order valence-electron chi connectivity index (χ4n) is 3.79. The van der Waals surface area contributed by atoms with Crippen molar-refractivity contribution in [1.82, 2.24) is 9.80 Å². The third-order valence-corrected chi connectivity index (χ3v) is 5.63. The lowest BCUT2D eigenvalue weighted by Crippen LogP contribution is -2.38. The summed E-state index contributed by atoms with van der Waals surface area (Å²) in [5.74, 6) is -2.51. The molecule has 0 aromatic heterocycles. The van der Waals surface area contributed by atoms with E-state index in [1.54, 1.807) is 0 Å². The Hall–Kier alpha value is -3.59. The molecule has 0 saturated carbocycles. The number of benzene rings is 2. The first-order chi connectivity index (χ1) is 15.3. The first kappa shape index (κ1) is 23.1. The number of amides is 1. The third kappa shape index (κ3) is 4.52. The molecule has 0 bridgehead atoms. The van der Waals surface area contributed by atoms with Crippen LogP contribution in [0.2, 0.25) is 0 Å². The Morgan fingerprint density at radius 3 is 2.22 bits per heavy atom. The van der Waals surface area contributed by atoms with Crippen LogP contribution in [0.4, 0.5) is 10.1 Å².